The number of amides is 1. The molecule has 0 bridgehead atoms. The average Bonchev–Trinajstić information content (AvgIpc) is 2.66. The fraction of sp³-hybridized carbons (Fsp3) is 0.105. The van der Waals surface area contributed by atoms with Crippen molar-refractivity contribution >= 4 is 23.6 Å². The standard InChI is InChI=1S/C19H16N2O5/c1-25-17-10-13(4-8-16(17)22)5-9-19(24)26-12-18(23)21-15-6-2-14(11-20)3-7-15/h2-10,22H,12H2,1H3,(H,21,23)/b9-5+. The highest BCUT2D eigenvalue weighted by molar-refractivity contribution is 5.94. The van der Waals surface area contributed by atoms with Crippen molar-refractivity contribution in [1.82, 2.24) is 0 Å². The Balaban J connectivity index is 1.83. The number of nitrogens with one attached hydrogen (secondary N) is 1. The third kappa shape index (κ3) is 5.39. The van der Waals surface area contributed by atoms with Gasteiger partial charge in [0.15, 0.2) is 18.1 Å². The molecule has 0 unspecified atom stereocenters. The van der Waals surface area contributed by atoms with Crippen molar-refractivity contribution in [3.63, 3.8) is 0 Å². The van der Waals surface area contributed by atoms with Gasteiger partial charge in [0.2, 0.25) is 0 Å². The molecule has 2 N–H and O–H groups in total. The first-order valence-corrected chi connectivity index (χ1v) is 7.53. The lowest BCUT2D eigenvalue weighted by molar-refractivity contribution is -0.142. The van der Waals surface area contributed by atoms with Crippen molar-refractivity contribution in [3.8, 4) is 17.6 Å². The highest BCUT2D eigenvalue weighted by atomic mass is 16.5. The van der Waals surface area contributed by atoms with E-state index in [1.165, 1.54) is 25.3 Å². The summed E-state index contributed by atoms with van der Waals surface area (Å²) in [5.41, 5.74) is 1.60. The zero-order chi connectivity index (χ0) is 18.9. The molecular formula is C19H16N2O5. The van der Waals surface area contributed by atoms with E-state index in [-0.39, 0.29) is 11.5 Å². The maximum Gasteiger partial charge on any atom is 0.331 e. The summed E-state index contributed by atoms with van der Waals surface area (Å²) in [5, 5.41) is 20.8. The molecule has 0 aliphatic carbocycles. The zero-order valence-electron chi connectivity index (χ0n) is 13.9. The second-order valence-electron chi connectivity index (χ2n) is 5.11. The van der Waals surface area contributed by atoms with Gasteiger partial charge in [0.25, 0.3) is 5.91 Å². The fourth-order valence-electron chi connectivity index (χ4n) is 1.97. The van der Waals surface area contributed by atoms with Crippen molar-refractivity contribution in [2.45, 2.75) is 0 Å². The number of carbonyl (C=O) groups is 2. The number of hydrogen-bond donors (Lipinski definition) is 2. The maximum atomic E-state index is 11.7. The van der Waals surface area contributed by atoms with Gasteiger partial charge in [-0.3, -0.25) is 4.79 Å². The Hall–Kier alpha value is -3.79. The van der Waals surface area contributed by atoms with Crippen LogP contribution in [-0.4, -0.2) is 30.7 Å². The lowest BCUT2D eigenvalue weighted by Gasteiger charge is -2.05. The van der Waals surface area contributed by atoms with Gasteiger partial charge in [-0.2, -0.15) is 5.26 Å². The van der Waals surface area contributed by atoms with E-state index in [0.717, 1.165) is 0 Å². The molecule has 7 nitrogen and oxygen atoms in total. The Kier molecular flexibility index (Phi) is 6.34. The number of anilines is 1. The number of ether oxygens (including phenoxy) is 2. The summed E-state index contributed by atoms with van der Waals surface area (Å²) in [7, 11) is 1.42. The number of benzene rings is 2. The summed E-state index contributed by atoms with van der Waals surface area (Å²) in [5.74, 6) is -0.913. The molecule has 1 amide bonds. The van der Waals surface area contributed by atoms with Gasteiger partial charge in [-0.25, -0.2) is 4.79 Å². The van der Waals surface area contributed by atoms with Gasteiger partial charge in [0.05, 0.1) is 18.7 Å². The molecule has 0 aliphatic heterocycles. The zero-order valence-corrected chi connectivity index (χ0v) is 13.9. The minimum atomic E-state index is -0.688. The maximum absolute atomic E-state index is 11.7. The van der Waals surface area contributed by atoms with Gasteiger partial charge in [0.1, 0.15) is 0 Å². The van der Waals surface area contributed by atoms with Crippen LogP contribution in [0.4, 0.5) is 5.69 Å². The molecule has 0 aliphatic rings. The Morgan fingerprint density at radius 3 is 2.62 bits per heavy atom. The first-order chi connectivity index (χ1) is 12.5. The third-order valence-corrected chi connectivity index (χ3v) is 3.26. The lowest BCUT2D eigenvalue weighted by Crippen LogP contribution is -2.20. The highest BCUT2D eigenvalue weighted by Crippen LogP contribution is 2.26. The molecule has 0 heterocycles. The molecule has 7 heteroatoms. The summed E-state index contributed by atoms with van der Waals surface area (Å²) >= 11 is 0. The van der Waals surface area contributed by atoms with E-state index in [1.807, 2.05) is 6.07 Å². The van der Waals surface area contributed by atoms with Crippen molar-refractivity contribution in [2.75, 3.05) is 19.0 Å². The normalized spacial score (nSPS) is 10.2. The highest BCUT2D eigenvalue weighted by Gasteiger charge is 2.06. The van der Waals surface area contributed by atoms with E-state index in [1.54, 1.807) is 36.4 Å². The number of phenolic OH excluding ortho intramolecular Hbond substituents is 1. The first kappa shape index (κ1) is 18.5. The Bertz CT molecular complexity index is 866. The number of phenols is 1. The number of rotatable bonds is 6. The molecule has 0 aromatic heterocycles. The van der Waals surface area contributed by atoms with Crippen molar-refractivity contribution < 1.29 is 24.2 Å². The number of nitriles is 1. The molecule has 2 aromatic rings. The third-order valence-electron chi connectivity index (χ3n) is 3.26. The smallest absolute Gasteiger partial charge is 0.331 e. The van der Waals surface area contributed by atoms with Crippen molar-refractivity contribution in [3.05, 3.63) is 59.7 Å². The van der Waals surface area contributed by atoms with Crippen LogP contribution >= 0.6 is 0 Å². The van der Waals surface area contributed by atoms with Crippen LogP contribution in [0, 0.1) is 11.3 Å². The summed E-state index contributed by atoms with van der Waals surface area (Å²) in [6.07, 6.45) is 2.64. The van der Waals surface area contributed by atoms with Crippen LogP contribution in [0.5, 0.6) is 11.5 Å². The van der Waals surface area contributed by atoms with Gasteiger partial charge >= 0.3 is 5.97 Å². The summed E-state index contributed by atoms with van der Waals surface area (Å²) in [6.45, 7) is -0.442. The molecule has 0 saturated heterocycles. The predicted molar refractivity (Wildman–Crippen MR) is 94.4 cm³/mol. The van der Waals surface area contributed by atoms with Gasteiger partial charge in [-0.05, 0) is 48.0 Å². The predicted octanol–water partition coefficient (Wildman–Crippen LogP) is 2.47. The Morgan fingerprint density at radius 2 is 1.96 bits per heavy atom. The van der Waals surface area contributed by atoms with E-state index in [0.29, 0.717) is 16.8 Å². The summed E-state index contributed by atoms with van der Waals surface area (Å²) in [6, 6.07) is 12.9. The molecule has 0 radical (unpaired) electrons. The molecule has 132 valence electrons. The first-order valence-electron chi connectivity index (χ1n) is 7.53. The second kappa shape index (κ2) is 8.89. The van der Waals surface area contributed by atoms with Crippen LogP contribution in [0.1, 0.15) is 11.1 Å². The lowest BCUT2D eigenvalue weighted by atomic mass is 10.2. The van der Waals surface area contributed by atoms with Crippen LogP contribution in [0.25, 0.3) is 6.08 Å². The monoisotopic (exact) mass is 352 g/mol. The minimum Gasteiger partial charge on any atom is -0.504 e. The molecule has 26 heavy (non-hydrogen) atoms. The van der Waals surface area contributed by atoms with Crippen LogP contribution in [0.15, 0.2) is 48.5 Å². The molecule has 2 rings (SSSR count). The fourth-order valence-corrected chi connectivity index (χ4v) is 1.97. The molecule has 0 fully saturated rings. The molecule has 0 atom stereocenters. The number of nitrogens with zero attached hydrogens (tertiary/aromatic N) is 1. The quantitative estimate of drug-likeness (QED) is 0.611. The van der Waals surface area contributed by atoms with E-state index in [2.05, 4.69) is 5.32 Å². The largest absolute Gasteiger partial charge is 0.504 e. The van der Waals surface area contributed by atoms with Crippen molar-refractivity contribution in [1.29, 1.82) is 5.26 Å². The average molecular weight is 352 g/mol. The number of esters is 1. The van der Waals surface area contributed by atoms with Crippen LogP contribution in [0.2, 0.25) is 0 Å². The molecular weight excluding hydrogens is 336 g/mol. The molecule has 2 aromatic carbocycles. The molecule has 0 saturated carbocycles. The second-order valence-corrected chi connectivity index (χ2v) is 5.11. The van der Waals surface area contributed by atoms with Gasteiger partial charge in [-0.1, -0.05) is 6.07 Å². The van der Waals surface area contributed by atoms with Crippen LogP contribution in [-0.2, 0) is 14.3 Å². The summed E-state index contributed by atoms with van der Waals surface area (Å²) in [4.78, 5) is 23.4. The summed E-state index contributed by atoms with van der Waals surface area (Å²) < 4.78 is 9.82. The molecule has 0 spiro atoms. The van der Waals surface area contributed by atoms with Gasteiger partial charge in [-0.15, -0.1) is 0 Å². The number of methoxy groups -OCH3 is 1. The van der Waals surface area contributed by atoms with E-state index in [9.17, 15) is 14.7 Å². The van der Waals surface area contributed by atoms with E-state index < -0.39 is 18.5 Å². The van der Waals surface area contributed by atoms with Crippen molar-refractivity contribution in [2.24, 2.45) is 0 Å². The minimum absolute atomic E-state index is 0.00769. The SMILES string of the molecule is COc1cc(/C=C/C(=O)OCC(=O)Nc2ccc(C#N)cc2)ccc1O. The number of aromatic hydroxyl groups is 1. The van der Waals surface area contributed by atoms with Gasteiger partial charge in [0, 0.05) is 11.8 Å². The Morgan fingerprint density at radius 1 is 1.23 bits per heavy atom. The number of carbonyl (C=O) groups excluding carboxylic acids is 2. The Labute approximate surface area is 150 Å². The number of hydrogen-bond acceptors (Lipinski definition) is 6. The van der Waals surface area contributed by atoms with Crippen LogP contribution in [0.3, 0.4) is 0 Å². The van der Waals surface area contributed by atoms with Gasteiger partial charge < -0.3 is 19.9 Å². The van der Waals surface area contributed by atoms with Crippen LogP contribution < -0.4 is 10.1 Å². The topological polar surface area (TPSA) is 109 Å². The van der Waals surface area contributed by atoms with E-state index >= 15 is 0 Å². The van der Waals surface area contributed by atoms with E-state index in [4.69, 9.17) is 14.7 Å².